The van der Waals surface area contributed by atoms with Gasteiger partial charge in [-0.3, -0.25) is 14.6 Å². The number of pyridine rings is 1. The SMILES string of the molecule is CC(C)(C)O.Cc1nc(C)c(-c2ccc3c(c2)CCN(/C(N)=C(/C=C(\N)c2ccccc2)C(N)=O)C3)c(N2CCC(C)(C)CC2)c1CC(=O)O. The Hall–Kier alpha value is -4.83. The van der Waals surface area contributed by atoms with Gasteiger partial charge >= 0.3 is 5.97 Å². The molecule has 2 aliphatic heterocycles. The number of aliphatic hydroxyl groups is 1. The summed E-state index contributed by atoms with van der Waals surface area (Å²) >= 11 is 0. The lowest BCUT2D eigenvalue weighted by Gasteiger charge is -2.40. The number of piperidine rings is 1. The number of primary amides is 1. The van der Waals surface area contributed by atoms with Gasteiger partial charge in [0.1, 0.15) is 5.82 Å². The summed E-state index contributed by atoms with van der Waals surface area (Å²) in [7, 11) is 0. The quantitative estimate of drug-likeness (QED) is 0.154. The molecule has 268 valence electrons. The van der Waals surface area contributed by atoms with Crippen LogP contribution in [0.2, 0.25) is 0 Å². The lowest BCUT2D eigenvalue weighted by atomic mass is 9.82. The third kappa shape index (κ3) is 9.65. The van der Waals surface area contributed by atoms with E-state index in [1.165, 1.54) is 5.56 Å². The molecule has 5 rings (SSSR count). The van der Waals surface area contributed by atoms with Crippen LogP contribution in [0.4, 0.5) is 5.69 Å². The zero-order chi connectivity index (χ0) is 37.0. The molecule has 10 heteroatoms. The standard InChI is InChI=1S/C36H44N6O3.C4H10O/c1-22-28(20-31(43)44)33(41-16-13-36(3,4)14-17-41)32(23(2)40-22)26-10-11-27-21-42(15-12-25(27)18-26)34(38)29(35(39)45)19-30(37)24-8-6-5-7-9-24;1-4(2,3)5/h5-11,18-19H,12-17,20-21,37-38H2,1-4H3,(H2,39,45)(H,43,44);5H,1-3H3/b30-19-,34-29-;. The molecular formula is C40H54N6O4. The summed E-state index contributed by atoms with van der Waals surface area (Å²) in [4.78, 5) is 33.6. The van der Waals surface area contributed by atoms with E-state index in [1.54, 1.807) is 26.8 Å². The molecule has 2 aliphatic rings. The van der Waals surface area contributed by atoms with E-state index in [4.69, 9.17) is 27.3 Å². The normalized spacial score (nSPS) is 16.5. The van der Waals surface area contributed by atoms with Gasteiger partial charge in [0.25, 0.3) is 5.91 Å². The lowest BCUT2D eigenvalue weighted by molar-refractivity contribution is -0.136. The van der Waals surface area contributed by atoms with Gasteiger partial charge in [0.2, 0.25) is 0 Å². The fourth-order valence-corrected chi connectivity index (χ4v) is 6.49. The van der Waals surface area contributed by atoms with E-state index in [0.717, 1.165) is 70.8 Å². The van der Waals surface area contributed by atoms with Crippen LogP contribution < -0.4 is 22.1 Å². The topological polar surface area (TPSA) is 172 Å². The highest BCUT2D eigenvalue weighted by Crippen LogP contribution is 2.42. The molecule has 1 saturated heterocycles. The Morgan fingerprint density at radius 2 is 1.56 bits per heavy atom. The molecule has 1 aromatic heterocycles. The van der Waals surface area contributed by atoms with Crippen LogP contribution >= 0.6 is 0 Å². The highest BCUT2D eigenvalue weighted by molar-refractivity contribution is 5.97. The number of nitrogens with zero attached hydrogens (tertiary/aromatic N) is 3. The summed E-state index contributed by atoms with van der Waals surface area (Å²) < 4.78 is 0. The van der Waals surface area contributed by atoms with Crippen LogP contribution in [0.15, 0.2) is 66.0 Å². The first kappa shape index (κ1) is 38.0. The molecule has 0 spiro atoms. The number of aromatic nitrogens is 1. The maximum absolute atomic E-state index is 12.5. The molecule has 50 heavy (non-hydrogen) atoms. The number of carboxylic acids is 1. The van der Waals surface area contributed by atoms with Gasteiger partial charge in [-0.2, -0.15) is 0 Å². The van der Waals surface area contributed by atoms with Gasteiger partial charge in [-0.25, -0.2) is 0 Å². The fraction of sp³-hybridized carbons (Fsp3) is 0.425. The maximum atomic E-state index is 12.5. The first-order valence-corrected chi connectivity index (χ1v) is 17.2. The average molecular weight is 683 g/mol. The van der Waals surface area contributed by atoms with Crippen molar-refractivity contribution in [2.24, 2.45) is 22.6 Å². The third-order valence-electron chi connectivity index (χ3n) is 9.21. The molecule has 0 saturated carbocycles. The molecule has 0 bridgehead atoms. The summed E-state index contributed by atoms with van der Waals surface area (Å²) in [5.74, 6) is -1.20. The smallest absolute Gasteiger partial charge is 0.307 e. The summed E-state index contributed by atoms with van der Waals surface area (Å²) in [5, 5.41) is 18.4. The van der Waals surface area contributed by atoms with Crippen LogP contribution in [-0.2, 0) is 29.0 Å². The number of carbonyl (C=O) groups is 2. The van der Waals surface area contributed by atoms with E-state index in [-0.39, 0.29) is 17.4 Å². The van der Waals surface area contributed by atoms with Gasteiger partial charge in [-0.15, -0.1) is 0 Å². The Morgan fingerprint density at radius 3 is 2.14 bits per heavy atom. The van der Waals surface area contributed by atoms with Crippen LogP contribution in [-0.4, -0.2) is 57.2 Å². The fourth-order valence-electron chi connectivity index (χ4n) is 6.49. The minimum Gasteiger partial charge on any atom is -0.481 e. The zero-order valence-electron chi connectivity index (χ0n) is 30.6. The molecule has 0 aliphatic carbocycles. The molecule has 1 amide bonds. The number of carbonyl (C=O) groups excluding carboxylic acids is 1. The van der Waals surface area contributed by atoms with Gasteiger partial charge < -0.3 is 37.2 Å². The predicted molar refractivity (Wildman–Crippen MR) is 201 cm³/mol. The largest absolute Gasteiger partial charge is 0.481 e. The number of rotatable bonds is 8. The molecular weight excluding hydrogens is 628 g/mol. The summed E-state index contributed by atoms with van der Waals surface area (Å²) in [5.41, 5.74) is 27.5. The minimum atomic E-state index is -0.861. The molecule has 3 heterocycles. The van der Waals surface area contributed by atoms with Crippen LogP contribution in [0.1, 0.15) is 81.1 Å². The maximum Gasteiger partial charge on any atom is 0.307 e. The van der Waals surface area contributed by atoms with Crippen molar-refractivity contribution in [3.63, 3.8) is 0 Å². The van der Waals surface area contributed by atoms with Crippen molar-refractivity contribution in [2.75, 3.05) is 24.5 Å². The number of aryl methyl sites for hydroxylation is 2. The van der Waals surface area contributed by atoms with Crippen molar-refractivity contribution in [2.45, 2.75) is 86.3 Å². The van der Waals surface area contributed by atoms with Crippen molar-refractivity contribution < 1.29 is 19.8 Å². The van der Waals surface area contributed by atoms with Gasteiger partial charge in [-0.05, 0) is 87.6 Å². The minimum absolute atomic E-state index is 0.0711. The van der Waals surface area contributed by atoms with Crippen LogP contribution in [0.25, 0.3) is 16.8 Å². The summed E-state index contributed by atoms with van der Waals surface area (Å²) in [6.45, 7) is 16.6. The molecule has 3 aromatic rings. The van der Waals surface area contributed by atoms with Gasteiger partial charge in [0.05, 0.1) is 23.3 Å². The van der Waals surface area contributed by atoms with Gasteiger partial charge in [-0.1, -0.05) is 62.4 Å². The first-order chi connectivity index (χ1) is 23.3. The Bertz CT molecular complexity index is 1770. The van der Waals surface area contributed by atoms with Gasteiger partial charge in [0.15, 0.2) is 0 Å². The van der Waals surface area contributed by atoms with Crippen molar-refractivity contribution in [1.82, 2.24) is 9.88 Å². The number of hydrogen-bond acceptors (Lipinski definition) is 8. The molecule has 2 aromatic carbocycles. The Balaban J connectivity index is 0.00000105. The highest BCUT2D eigenvalue weighted by atomic mass is 16.4. The van der Waals surface area contributed by atoms with Crippen LogP contribution in [0, 0.1) is 19.3 Å². The predicted octanol–water partition coefficient (Wildman–Crippen LogP) is 5.41. The molecule has 1 fully saturated rings. The highest BCUT2D eigenvalue weighted by Gasteiger charge is 2.31. The molecule has 0 atom stereocenters. The van der Waals surface area contributed by atoms with Crippen molar-refractivity contribution in [3.05, 3.63) is 99.6 Å². The monoisotopic (exact) mass is 682 g/mol. The number of carboxylic acid groups (broad SMARTS) is 1. The van der Waals surface area contributed by atoms with E-state index in [2.05, 4.69) is 36.9 Å². The number of nitrogens with two attached hydrogens (primary N) is 3. The molecule has 0 unspecified atom stereocenters. The molecule has 0 radical (unpaired) electrons. The average Bonchev–Trinajstić information content (AvgIpc) is 3.03. The first-order valence-electron chi connectivity index (χ1n) is 17.2. The van der Waals surface area contributed by atoms with Gasteiger partial charge in [0, 0.05) is 54.4 Å². The lowest BCUT2D eigenvalue weighted by Crippen LogP contribution is -2.38. The van der Waals surface area contributed by atoms with E-state index in [0.29, 0.717) is 31.0 Å². The third-order valence-corrected chi connectivity index (χ3v) is 9.21. The second kappa shape index (κ2) is 15.4. The second-order valence-electron chi connectivity index (χ2n) is 15.2. The van der Waals surface area contributed by atoms with Crippen LogP contribution in [0.5, 0.6) is 0 Å². The number of benzene rings is 2. The summed E-state index contributed by atoms with van der Waals surface area (Å²) in [6, 6.07) is 15.8. The van der Waals surface area contributed by atoms with E-state index in [1.807, 2.05) is 49.1 Å². The Labute approximate surface area is 296 Å². The molecule has 10 nitrogen and oxygen atoms in total. The number of aliphatic carboxylic acids is 1. The molecule has 8 N–H and O–H groups in total. The van der Waals surface area contributed by atoms with E-state index in [9.17, 15) is 14.7 Å². The number of anilines is 1. The second-order valence-corrected chi connectivity index (χ2v) is 15.2. The van der Waals surface area contributed by atoms with Crippen molar-refractivity contribution in [3.8, 4) is 11.1 Å². The van der Waals surface area contributed by atoms with E-state index < -0.39 is 17.5 Å². The zero-order valence-corrected chi connectivity index (χ0v) is 30.6. The van der Waals surface area contributed by atoms with Crippen LogP contribution in [0.3, 0.4) is 0 Å². The van der Waals surface area contributed by atoms with Crippen molar-refractivity contribution in [1.29, 1.82) is 0 Å². The number of amides is 1. The Kier molecular flexibility index (Phi) is 11.7. The summed E-state index contributed by atoms with van der Waals surface area (Å²) in [6.07, 6.45) is 4.26. The van der Waals surface area contributed by atoms with Crippen molar-refractivity contribution >= 4 is 23.3 Å². The number of fused-ring (bicyclic) bond motifs is 1. The number of hydrogen-bond donors (Lipinski definition) is 5. The van der Waals surface area contributed by atoms with E-state index >= 15 is 0 Å². The Morgan fingerprint density at radius 1 is 0.940 bits per heavy atom.